The van der Waals surface area contributed by atoms with E-state index < -0.39 is 0 Å². The summed E-state index contributed by atoms with van der Waals surface area (Å²) in [5.74, 6) is 1.92. The molecule has 2 fully saturated rings. The van der Waals surface area contributed by atoms with E-state index in [1.54, 1.807) is 0 Å². The summed E-state index contributed by atoms with van der Waals surface area (Å²) in [4.78, 5) is 17.1. The molecule has 4 aliphatic rings. The topological polar surface area (TPSA) is 90.3 Å². The first kappa shape index (κ1) is 21.7. The first-order valence-electron chi connectivity index (χ1n) is 11.4. The van der Waals surface area contributed by atoms with E-state index in [1.165, 1.54) is 0 Å². The number of anilines is 2. The molecule has 2 atom stereocenters. The SMILES string of the molecule is CC(C)(C)n1nc2cc1Nc1cc(Br)cc(n1)CO[C@H]1C[C@@H](C1)NC(=O)O[C@@H]1CC[C@H]2C1. The smallest absolute Gasteiger partial charge is 0.407 e. The number of alkyl carbamates (subject to hydrolysis) is 1. The van der Waals surface area contributed by atoms with Gasteiger partial charge >= 0.3 is 6.09 Å². The van der Waals surface area contributed by atoms with Gasteiger partial charge in [0, 0.05) is 22.5 Å². The van der Waals surface area contributed by atoms with Crippen LogP contribution in [0.3, 0.4) is 0 Å². The number of aromatic nitrogens is 3. The van der Waals surface area contributed by atoms with E-state index in [9.17, 15) is 4.79 Å². The first-order chi connectivity index (χ1) is 15.2. The predicted molar refractivity (Wildman–Crippen MR) is 124 cm³/mol. The van der Waals surface area contributed by atoms with Gasteiger partial charge in [0.05, 0.1) is 29.6 Å². The molecular formula is C23H30BrN5O3. The molecule has 0 unspecified atom stereocenters. The molecular weight excluding hydrogens is 474 g/mol. The Hall–Kier alpha value is -2.13. The van der Waals surface area contributed by atoms with E-state index >= 15 is 0 Å². The summed E-state index contributed by atoms with van der Waals surface area (Å²) in [5, 5.41) is 11.4. The third kappa shape index (κ3) is 4.64. The second-order valence-corrected chi connectivity index (χ2v) is 11.0. The van der Waals surface area contributed by atoms with Crippen LogP contribution in [0.5, 0.6) is 0 Å². The van der Waals surface area contributed by atoms with Gasteiger partial charge < -0.3 is 20.1 Å². The lowest BCUT2D eigenvalue weighted by Crippen LogP contribution is -2.48. The molecule has 0 saturated heterocycles. The molecule has 2 aliphatic carbocycles. The summed E-state index contributed by atoms with van der Waals surface area (Å²) in [6, 6.07) is 6.16. The maximum atomic E-state index is 12.3. The fourth-order valence-electron chi connectivity index (χ4n) is 4.71. The van der Waals surface area contributed by atoms with Crippen LogP contribution >= 0.6 is 15.9 Å². The molecule has 2 N–H and O–H groups in total. The average molecular weight is 504 g/mol. The number of rotatable bonds is 0. The molecule has 0 aromatic carbocycles. The van der Waals surface area contributed by atoms with Gasteiger partial charge in [-0.3, -0.25) is 0 Å². The van der Waals surface area contributed by atoms with Crippen molar-refractivity contribution < 1.29 is 14.3 Å². The second kappa shape index (κ2) is 8.33. The van der Waals surface area contributed by atoms with Gasteiger partial charge in [0.2, 0.25) is 0 Å². The monoisotopic (exact) mass is 503 g/mol. The van der Waals surface area contributed by atoms with Crippen LogP contribution in [-0.2, 0) is 21.6 Å². The Morgan fingerprint density at radius 2 is 1.94 bits per heavy atom. The minimum Gasteiger partial charge on any atom is -0.446 e. The van der Waals surface area contributed by atoms with Gasteiger partial charge in [-0.2, -0.15) is 5.10 Å². The fraction of sp³-hybridized carbons (Fsp3) is 0.609. The molecule has 0 spiro atoms. The Kier molecular flexibility index (Phi) is 5.65. The van der Waals surface area contributed by atoms with Crippen LogP contribution in [0.25, 0.3) is 0 Å². The summed E-state index contributed by atoms with van der Waals surface area (Å²) in [7, 11) is 0. The van der Waals surface area contributed by atoms with Crippen LogP contribution in [0.15, 0.2) is 22.7 Å². The highest BCUT2D eigenvalue weighted by atomic mass is 79.9. The predicted octanol–water partition coefficient (Wildman–Crippen LogP) is 4.96. The van der Waals surface area contributed by atoms with Gasteiger partial charge in [-0.25, -0.2) is 14.5 Å². The van der Waals surface area contributed by atoms with E-state index in [2.05, 4.69) is 53.4 Å². The van der Waals surface area contributed by atoms with E-state index in [-0.39, 0.29) is 35.8 Å². The highest BCUT2D eigenvalue weighted by Crippen LogP contribution is 2.38. The number of nitrogens with zero attached hydrogens (tertiary/aromatic N) is 3. The van der Waals surface area contributed by atoms with Crippen LogP contribution in [0.4, 0.5) is 16.4 Å². The molecule has 2 saturated carbocycles. The molecule has 6 rings (SSSR count). The van der Waals surface area contributed by atoms with E-state index in [4.69, 9.17) is 19.6 Å². The lowest BCUT2D eigenvalue weighted by atomic mass is 9.89. The number of fused-ring (bicyclic) bond motifs is 3. The van der Waals surface area contributed by atoms with Crippen molar-refractivity contribution in [2.24, 2.45) is 0 Å². The number of carbonyl (C=O) groups excluding carboxylic acids is 1. The maximum Gasteiger partial charge on any atom is 0.407 e. The molecule has 2 aromatic rings. The zero-order valence-electron chi connectivity index (χ0n) is 18.7. The molecule has 1 amide bonds. The summed E-state index contributed by atoms with van der Waals surface area (Å²) in [6.07, 6.45) is 3.93. The van der Waals surface area contributed by atoms with Crippen LogP contribution in [0.2, 0.25) is 0 Å². The fourth-order valence-corrected chi connectivity index (χ4v) is 5.19. The Morgan fingerprint density at radius 1 is 1.12 bits per heavy atom. The molecule has 0 radical (unpaired) electrons. The lowest BCUT2D eigenvalue weighted by Gasteiger charge is -2.35. The number of pyridine rings is 1. The van der Waals surface area contributed by atoms with Crippen molar-refractivity contribution in [3.05, 3.63) is 34.1 Å². The number of ether oxygens (including phenoxy) is 2. The van der Waals surface area contributed by atoms with E-state index in [0.29, 0.717) is 6.61 Å². The minimum atomic E-state index is -0.318. The first-order valence-corrected chi connectivity index (χ1v) is 12.1. The molecule has 8 nitrogen and oxygen atoms in total. The van der Waals surface area contributed by atoms with Crippen LogP contribution < -0.4 is 10.6 Å². The van der Waals surface area contributed by atoms with Crippen molar-refractivity contribution in [3.63, 3.8) is 0 Å². The maximum absolute atomic E-state index is 12.3. The lowest BCUT2D eigenvalue weighted by molar-refractivity contribution is -0.0283. The number of carbonyl (C=O) groups is 1. The quantitative estimate of drug-likeness (QED) is 0.527. The van der Waals surface area contributed by atoms with Gasteiger partial charge in [-0.15, -0.1) is 0 Å². The van der Waals surface area contributed by atoms with Gasteiger partial charge in [0.15, 0.2) is 0 Å². The van der Waals surface area contributed by atoms with Crippen molar-refractivity contribution in [1.82, 2.24) is 20.1 Å². The largest absolute Gasteiger partial charge is 0.446 e. The molecule has 2 aliphatic heterocycles. The summed E-state index contributed by atoms with van der Waals surface area (Å²) in [6.45, 7) is 6.82. The van der Waals surface area contributed by atoms with Crippen molar-refractivity contribution in [2.45, 2.75) is 89.2 Å². The number of halogens is 1. The molecule has 172 valence electrons. The number of hydrogen-bond donors (Lipinski definition) is 2. The Labute approximate surface area is 196 Å². The van der Waals surface area contributed by atoms with Crippen LogP contribution in [0, 0.1) is 0 Å². The van der Waals surface area contributed by atoms with E-state index in [0.717, 1.165) is 59.6 Å². The van der Waals surface area contributed by atoms with Gasteiger partial charge in [-0.1, -0.05) is 15.9 Å². The normalized spacial score (nSPS) is 27.9. The average Bonchev–Trinajstić information content (AvgIpc) is 3.29. The Bertz CT molecular complexity index is 1010. The third-order valence-electron chi connectivity index (χ3n) is 6.42. The zero-order chi connectivity index (χ0) is 22.5. The number of amides is 1. The number of hydrogen-bond acceptors (Lipinski definition) is 6. The van der Waals surface area contributed by atoms with Crippen LogP contribution in [0.1, 0.15) is 70.2 Å². The summed E-state index contributed by atoms with van der Waals surface area (Å²) >= 11 is 3.60. The summed E-state index contributed by atoms with van der Waals surface area (Å²) < 4.78 is 14.7. The van der Waals surface area contributed by atoms with Gasteiger partial charge in [-0.05, 0) is 65.0 Å². The highest BCUT2D eigenvalue weighted by Gasteiger charge is 2.35. The molecule has 8 bridgehead atoms. The van der Waals surface area contributed by atoms with Crippen molar-refractivity contribution in [2.75, 3.05) is 5.32 Å². The number of nitrogens with one attached hydrogen (secondary N) is 2. The second-order valence-electron chi connectivity index (χ2n) is 10.1. The van der Waals surface area contributed by atoms with E-state index in [1.807, 2.05) is 16.8 Å². The van der Waals surface area contributed by atoms with Gasteiger partial charge in [0.25, 0.3) is 0 Å². The molecule has 2 aromatic heterocycles. The Morgan fingerprint density at radius 3 is 2.72 bits per heavy atom. The zero-order valence-corrected chi connectivity index (χ0v) is 20.3. The van der Waals surface area contributed by atoms with Crippen molar-refractivity contribution in [1.29, 1.82) is 0 Å². The molecule has 32 heavy (non-hydrogen) atoms. The van der Waals surface area contributed by atoms with Gasteiger partial charge in [0.1, 0.15) is 17.7 Å². The van der Waals surface area contributed by atoms with Crippen LogP contribution in [-0.4, -0.2) is 39.1 Å². The van der Waals surface area contributed by atoms with Crippen molar-refractivity contribution in [3.8, 4) is 0 Å². The standard InChI is InChI=1S/C23H30BrN5O3/c1-23(2,3)29-21-11-19(28-29)13-4-5-17(6-13)32-22(30)26-15-9-18(10-15)31-12-16-7-14(24)8-20(25-16)27-21/h7-8,11,13,15,17-18H,4-6,9-10,12H2,1-3H3,(H,25,27)(H,26,30)/t13-,15-,17+,18-/m0/s1. The van der Waals surface area contributed by atoms with Crippen molar-refractivity contribution >= 4 is 33.7 Å². The third-order valence-corrected chi connectivity index (χ3v) is 6.88. The molecule has 9 heteroatoms. The Balaban J connectivity index is 1.48. The minimum absolute atomic E-state index is 0.0727. The summed E-state index contributed by atoms with van der Waals surface area (Å²) in [5.41, 5.74) is 1.67. The highest BCUT2D eigenvalue weighted by molar-refractivity contribution is 9.10. The molecule has 4 heterocycles.